The predicted molar refractivity (Wildman–Crippen MR) is 177 cm³/mol. The molecule has 0 saturated heterocycles. The minimum Gasteiger partial charge on any atom is -0.436 e. The van der Waals surface area contributed by atoms with E-state index >= 15 is 0 Å². The minimum absolute atomic E-state index is 0.123. The number of amides is 1. The summed E-state index contributed by atoms with van der Waals surface area (Å²) in [7, 11) is 0. The van der Waals surface area contributed by atoms with Crippen LogP contribution in [0.1, 0.15) is 46.8 Å². The molecule has 1 aromatic heterocycles. The number of hydrogen-bond donors (Lipinski definition) is 0. The molecule has 7 rings (SSSR count). The van der Waals surface area contributed by atoms with E-state index in [1.807, 2.05) is 78.9 Å². The molecule has 4 aromatic carbocycles. The lowest BCUT2D eigenvalue weighted by atomic mass is 9.77. The van der Waals surface area contributed by atoms with Crippen molar-refractivity contribution in [2.24, 2.45) is 11.0 Å². The van der Waals surface area contributed by atoms with Crippen LogP contribution in [-0.2, 0) is 0 Å². The molecule has 1 aliphatic heterocycles. The average molecular weight is 693 g/mol. The number of carbonyl (C=O) groups is 1. The van der Waals surface area contributed by atoms with Crippen LogP contribution in [0.2, 0.25) is 0 Å². The number of aromatic nitrogens is 1. The van der Waals surface area contributed by atoms with Crippen LogP contribution in [0.25, 0.3) is 28.9 Å². The number of benzene rings is 4. The van der Waals surface area contributed by atoms with E-state index in [2.05, 4.69) is 67.2 Å². The molecule has 0 N–H and O–H groups in total. The van der Waals surface area contributed by atoms with Crippen molar-refractivity contribution in [2.75, 3.05) is 0 Å². The zero-order chi connectivity index (χ0) is 29.3. The molecule has 7 heteroatoms. The number of nitrogens with zero attached hydrogens (tertiary/aromatic N) is 3. The van der Waals surface area contributed by atoms with Gasteiger partial charge in [-0.25, -0.2) is 9.99 Å². The molecule has 1 amide bonds. The number of hydrazone groups is 1. The number of fused-ring (bicyclic) bond motifs is 1. The Labute approximate surface area is 267 Å². The number of halogens is 2. The maximum atomic E-state index is 14.1. The van der Waals surface area contributed by atoms with Gasteiger partial charge in [0.1, 0.15) is 0 Å². The van der Waals surface area contributed by atoms with E-state index < -0.39 is 0 Å². The highest BCUT2D eigenvalue weighted by Gasteiger charge is 2.44. The molecule has 2 atom stereocenters. The molecule has 0 spiro atoms. The number of carbonyl (C=O) groups excluding carboxylic acids is 1. The Balaban J connectivity index is 1.21. The predicted octanol–water partition coefficient (Wildman–Crippen LogP) is 9.97. The lowest BCUT2D eigenvalue weighted by Gasteiger charge is -2.29. The van der Waals surface area contributed by atoms with E-state index in [0.29, 0.717) is 17.2 Å². The second kappa shape index (κ2) is 11.9. The SMILES string of the molecule is O=C(c1ccc(-c2ncc(-c3ccccc3)o2)cc1)N1N=C2/C(=C/c3ccc(Br)cc3)CCCC2C1c1ccc(Br)cc1. The van der Waals surface area contributed by atoms with Crippen LogP contribution in [0.4, 0.5) is 0 Å². The van der Waals surface area contributed by atoms with Crippen molar-refractivity contribution in [2.45, 2.75) is 25.3 Å². The summed E-state index contributed by atoms with van der Waals surface area (Å²) in [6.45, 7) is 0. The molecular formula is C36H27Br2N3O2. The maximum Gasteiger partial charge on any atom is 0.274 e. The summed E-state index contributed by atoms with van der Waals surface area (Å²) in [5.74, 6) is 1.22. The molecule has 5 nitrogen and oxygen atoms in total. The summed E-state index contributed by atoms with van der Waals surface area (Å²) in [6.07, 6.45) is 6.92. The molecule has 2 aliphatic rings. The molecule has 5 aromatic rings. The second-order valence-electron chi connectivity index (χ2n) is 10.8. The Morgan fingerprint density at radius 2 is 1.53 bits per heavy atom. The first-order valence-corrected chi connectivity index (χ1v) is 15.9. The van der Waals surface area contributed by atoms with E-state index in [4.69, 9.17) is 9.52 Å². The summed E-state index contributed by atoms with van der Waals surface area (Å²) in [6, 6.07) is 33.7. The topological polar surface area (TPSA) is 58.7 Å². The van der Waals surface area contributed by atoms with Gasteiger partial charge in [-0.1, -0.05) is 86.5 Å². The fourth-order valence-corrected chi connectivity index (χ4v) is 6.48. The first kappa shape index (κ1) is 27.7. The summed E-state index contributed by atoms with van der Waals surface area (Å²) in [5.41, 5.74) is 6.77. The van der Waals surface area contributed by atoms with Gasteiger partial charge >= 0.3 is 0 Å². The molecule has 0 radical (unpaired) electrons. The van der Waals surface area contributed by atoms with E-state index in [0.717, 1.165) is 56.2 Å². The van der Waals surface area contributed by atoms with Crippen LogP contribution in [0.3, 0.4) is 0 Å². The summed E-state index contributed by atoms with van der Waals surface area (Å²) >= 11 is 7.09. The van der Waals surface area contributed by atoms with Crippen molar-refractivity contribution in [1.29, 1.82) is 0 Å². The van der Waals surface area contributed by atoms with Crippen LogP contribution >= 0.6 is 31.9 Å². The summed E-state index contributed by atoms with van der Waals surface area (Å²) in [5, 5.41) is 6.77. The number of oxazole rings is 1. The van der Waals surface area contributed by atoms with E-state index in [1.54, 1.807) is 11.2 Å². The molecule has 2 heterocycles. The normalized spacial score (nSPS) is 18.9. The van der Waals surface area contributed by atoms with Gasteiger partial charge in [-0.15, -0.1) is 0 Å². The largest absolute Gasteiger partial charge is 0.436 e. The molecule has 212 valence electrons. The van der Waals surface area contributed by atoms with E-state index in [-0.39, 0.29) is 17.9 Å². The standard InChI is InChI=1S/C36H27Br2N3O2/c37-29-17-9-23(10-18-29)21-28-7-4-8-31-33(28)40-41(34(31)25-15-19-30(38)20-16-25)36(42)27-13-11-26(12-14-27)35-39-22-32(43-35)24-5-2-1-3-6-24/h1-3,5-6,9-22,31,34H,4,7-8H2/b28-21+. The van der Waals surface area contributed by atoms with E-state index in [9.17, 15) is 4.79 Å². The van der Waals surface area contributed by atoms with Gasteiger partial charge < -0.3 is 4.42 Å². The Kier molecular flexibility index (Phi) is 7.68. The van der Waals surface area contributed by atoms with Crippen molar-refractivity contribution in [3.05, 3.63) is 141 Å². The maximum absolute atomic E-state index is 14.1. The van der Waals surface area contributed by atoms with Crippen molar-refractivity contribution in [3.63, 3.8) is 0 Å². The van der Waals surface area contributed by atoms with E-state index in [1.165, 1.54) is 5.57 Å². The van der Waals surface area contributed by atoms with Gasteiger partial charge in [-0.05, 0) is 90.6 Å². The third-order valence-corrected chi connectivity index (χ3v) is 9.13. The van der Waals surface area contributed by atoms with Gasteiger partial charge in [-0.3, -0.25) is 4.79 Å². The zero-order valence-electron chi connectivity index (χ0n) is 23.2. The smallest absolute Gasteiger partial charge is 0.274 e. The van der Waals surface area contributed by atoms with Crippen LogP contribution in [-0.4, -0.2) is 21.6 Å². The third kappa shape index (κ3) is 5.67. The highest BCUT2D eigenvalue weighted by Crippen LogP contribution is 2.45. The Morgan fingerprint density at radius 1 is 0.837 bits per heavy atom. The van der Waals surface area contributed by atoms with Crippen molar-refractivity contribution in [3.8, 4) is 22.8 Å². The molecule has 2 unspecified atom stereocenters. The Morgan fingerprint density at radius 3 is 2.26 bits per heavy atom. The number of hydrogen-bond acceptors (Lipinski definition) is 4. The first-order chi connectivity index (χ1) is 21.0. The van der Waals surface area contributed by atoms with Gasteiger partial charge in [0.25, 0.3) is 5.91 Å². The molecule has 1 fully saturated rings. The van der Waals surface area contributed by atoms with Crippen LogP contribution < -0.4 is 0 Å². The number of rotatable bonds is 5. The lowest BCUT2D eigenvalue weighted by Crippen LogP contribution is -2.31. The lowest BCUT2D eigenvalue weighted by molar-refractivity contribution is 0.0681. The molecule has 43 heavy (non-hydrogen) atoms. The quantitative estimate of drug-likeness (QED) is 0.184. The van der Waals surface area contributed by atoms with Gasteiger partial charge in [0, 0.05) is 31.6 Å². The van der Waals surface area contributed by atoms with Gasteiger partial charge in [0.05, 0.1) is 18.0 Å². The molecule has 1 aliphatic carbocycles. The fraction of sp³-hybridized carbons (Fsp3) is 0.139. The minimum atomic E-state index is -0.177. The monoisotopic (exact) mass is 691 g/mol. The van der Waals surface area contributed by atoms with Gasteiger partial charge in [0.15, 0.2) is 5.76 Å². The van der Waals surface area contributed by atoms with Crippen LogP contribution in [0, 0.1) is 5.92 Å². The van der Waals surface area contributed by atoms with Gasteiger partial charge in [-0.2, -0.15) is 5.10 Å². The molecular weight excluding hydrogens is 666 g/mol. The van der Waals surface area contributed by atoms with Crippen molar-refractivity contribution in [1.82, 2.24) is 9.99 Å². The first-order valence-electron chi connectivity index (χ1n) is 14.3. The zero-order valence-corrected chi connectivity index (χ0v) is 26.3. The number of allylic oxidation sites excluding steroid dienone is 1. The average Bonchev–Trinajstić information content (AvgIpc) is 3.69. The highest BCUT2D eigenvalue weighted by atomic mass is 79.9. The summed E-state index contributed by atoms with van der Waals surface area (Å²) in [4.78, 5) is 18.6. The molecule has 0 bridgehead atoms. The highest BCUT2D eigenvalue weighted by molar-refractivity contribution is 9.10. The summed E-state index contributed by atoms with van der Waals surface area (Å²) < 4.78 is 8.08. The Bertz CT molecular complexity index is 1830. The van der Waals surface area contributed by atoms with Crippen molar-refractivity contribution >= 4 is 49.6 Å². The molecule has 1 saturated carbocycles. The van der Waals surface area contributed by atoms with Crippen LogP contribution in [0.15, 0.2) is 133 Å². The second-order valence-corrected chi connectivity index (χ2v) is 12.7. The van der Waals surface area contributed by atoms with Gasteiger partial charge in [0.2, 0.25) is 5.89 Å². The fourth-order valence-electron chi connectivity index (χ4n) is 5.95. The third-order valence-electron chi connectivity index (χ3n) is 8.07. The Hall–Kier alpha value is -4.07. The van der Waals surface area contributed by atoms with Crippen LogP contribution in [0.5, 0.6) is 0 Å². The van der Waals surface area contributed by atoms with Crippen molar-refractivity contribution < 1.29 is 9.21 Å².